The lowest BCUT2D eigenvalue weighted by molar-refractivity contribution is -0.255. The Kier molecular flexibility index (Phi) is 4.95. The van der Waals surface area contributed by atoms with Gasteiger partial charge in [0.2, 0.25) is 0 Å². The molecule has 0 fully saturated rings. The van der Waals surface area contributed by atoms with E-state index < -0.39 is 11.9 Å². The van der Waals surface area contributed by atoms with E-state index in [1.807, 2.05) is 0 Å². The van der Waals surface area contributed by atoms with Crippen LogP contribution in [0.3, 0.4) is 0 Å². The predicted octanol–water partition coefficient (Wildman–Crippen LogP) is 1.78. The molecule has 2 rings (SSSR count). The van der Waals surface area contributed by atoms with Gasteiger partial charge in [0.15, 0.2) is 0 Å². The molecule has 0 atom stereocenters. The molecule has 0 bridgehead atoms. The third-order valence-electron chi connectivity index (χ3n) is 2.91. The smallest absolute Gasteiger partial charge is 0.349 e. The van der Waals surface area contributed by atoms with E-state index in [4.69, 9.17) is 14.4 Å². The lowest BCUT2D eigenvalue weighted by atomic mass is 10.1. The number of rotatable bonds is 5. The van der Waals surface area contributed by atoms with Crippen LogP contribution in [0.15, 0.2) is 46.4 Å². The summed E-state index contributed by atoms with van der Waals surface area (Å²) >= 11 is 0. The second-order valence-electron chi connectivity index (χ2n) is 4.46. The van der Waals surface area contributed by atoms with Gasteiger partial charge in [0.1, 0.15) is 23.2 Å². The van der Waals surface area contributed by atoms with Gasteiger partial charge in [-0.3, -0.25) is 0 Å². The van der Waals surface area contributed by atoms with Crippen LogP contribution in [0.5, 0.6) is 0 Å². The first kappa shape index (κ1) is 16.0. The SMILES string of the molecule is CCOC(=O)/C(C#N)=C/c1ccc(-c2cccc(C(=O)[O-])c2)o1. The Labute approximate surface area is 132 Å². The van der Waals surface area contributed by atoms with Crippen molar-refractivity contribution in [3.05, 3.63) is 53.3 Å². The van der Waals surface area contributed by atoms with Gasteiger partial charge in [0.05, 0.1) is 12.6 Å². The zero-order valence-corrected chi connectivity index (χ0v) is 12.2. The van der Waals surface area contributed by atoms with Gasteiger partial charge in [0, 0.05) is 11.6 Å². The molecule has 0 aliphatic heterocycles. The molecule has 0 aliphatic rings. The highest BCUT2D eigenvalue weighted by atomic mass is 16.5. The summed E-state index contributed by atoms with van der Waals surface area (Å²) < 4.78 is 10.3. The van der Waals surface area contributed by atoms with Crippen LogP contribution in [0.2, 0.25) is 0 Å². The first-order chi connectivity index (χ1) is 11.0. The highest BCUT2D eigenvalue weighted by Gasteiger charge is 2.12. The van der Waals surface area contributed by atoms with Gasteiger partial charge in [-0.25, -0.2) is 4.79 Å². The normalized spacial score (nSPS) is 10.9. The Bertz CT molecular complexity index is 810. The minimum Gasteiger partial charge on any atom is -0.545 e. The first-order valence-electron chi connectivity index (χ1n) is 6.75. The number of nitriles is 1. The Balaban J connectivity index is 2.30. The number of furan rings is 1. The average Bonchev–Trinajstić information content (AvgIpc) is 3.01. The van der Waals surface area contributed by atoms with Crippen molar-refractivity contribution in [2.75, 3.05) is 6.61 Å². The van der Waals surface area contributed by atoms with Gasteiger partial charge in [-0.05, 0) is 30.7 Å². The molecular formula is C17H12NO5-. The topological polar surface area (TPSA) is 103 Å². The monoisotopic (exact) mass is 310 g/mol. The summed E-state index contributed by atoms with van der Waals surface area (Å²) in [4.78, 5) is 22.4. The van der Waals surface area contributed by atoms with E-state index in [0.717, 1.165) is 0 Å². The standard InChI is InChI=1S/C17H13NO5/c1-2-22-17(21)13(10-18)9-14-6-7-15(23-14)11-4-3-5-12(8-11)16(19)20/h3-9H,2H2,1H3,(H,19,20)/p-1/b13-9+. The van der Waals surface area contributed by atoms with E-state index in [9.17, 15) is 14.7 Å². The quantitative estimate of drug-likeness (QED) is 0.473. The Hall–Kier alpha value is -3.33. The van der Waals surface area contributed by atoms with Crippen molar-refractivity contribution in [2.45, 2.75) is 6.92 Å². The van der Waals surface area contributed by atoms with Crippen molar-refractivity contribution in [1.82, 2.24) is 0 Å². The van der Waals surface area contributed by atoms with Gasteiger partial charge in [-0.2, -0.15) is 5.26 Å². The van der Waals surface area contributed by atoms with Gasteiger partial charge in [-0.1, -0.05) is 18.2 Å². The summed E-state index contributed by atoms with van der Waals surface area (Å²) in [6.45, 7) is 1.81. The number of aromatic carboxylic acids is 1. The average molecular weight is 310 g/mol. The third kappa shape index (κ3) is 3.86. The third-order valence-corrected chi connectivity index (χ3v) is 2.91. The van der Waals surface area contributed by atoms with Crippen molar-refractivity contribution in [2.24, 2.45) is 0 Å². The van der Waals surface area contributed by atoms with Gasteiger partial charge >= 0.3 is 5.97 Å². The van der Waals surface area contributed by atoms with Gasteiger partial charge in [-0.15, -0.1) is 0 Å². The van der Waals surface area contributed by atoms with Crippen LogP contribution in [0.25, 0.3) is 17.4 Å². The number of carbonyl (C=O) groups is 2. The van der Waals surface area contributed by atoms with Crippen LogP contribution >= 0.6 is 0 Å². The van der Waals surface area contributed by atoms with E-state index in [1.165, 1.54) is 18.2 Å². The number of esters is 1. The number of ether oxygens (including phenoxy) is 1. The van der Waals surface area contributed by atoms with Crippen molar-refractivity contribution in [1.29, 1.82) is 5.26 Å². The molecule has 1 aromatic carbocycles. The molecule has 6 nitrogen and oxygen atoms in total. The lowest BCUT2D eigenvalue weighted by Crippen LogP contribution is -2.22. The fraction of sp³-hybridized carbons (Fsp3) is 0.118. The summed E-state index contributed by atoms with van der Waals surface area (Å²) in [7, 11) is 0. The maximum Gasteiger partial charge on any atom is 0.349 e. The zero-order valence-electron chi connectivity index (χ0n) is 12.2. The minimum absolute atomic E-state index is 0.0280. The zero-order chi connectivity index (χ0) is 16.8. The van der Waals surface area contributed by atoms with E-state index in [1.54, 1.807) is 37.3 Å². The summed E-state index contributed by atoms with van der Waals surface area (Å²) in [5.74, 6) is -1.33. The van der Waals surface area contributed by atoms with E-state index in [0.29, 0.717) is 11.3 Å². The largest absolute Gasteiger partial charge is 0.545 e. The number of hydrogen-bond donors (Lipinski definition) is 0. The molecule has 6 heteroatoms. The molecule has 23 heavy (non-hydrogen) atoms. The van der Waals surface area contributed by atoms with E-state index in [-0.39, 0.29) is 23.5 Å². The molecule has 0 spiro atoms. The van der Waals surface area contributed by atoms with Crippen LogP contribution in [-0.2, 0) is 9.53 Å². The first-order valence-corrected chi connectivity index (χ1v) is 6.75. The van der Waals surface area contributed by atoms with Gasteiger partial charge < -0.3 is 19.1 Å². The summed E-state index contributed by atoms with van der Waals surface area (Å²) in [6, 6.07) is 11.0. The van der Waals surface area contributed by atoms with Crippen LogP contribution in [-0.4, -0.2) is 18.5 Å². The Morgan fingerprint density at radius 2 is 2.13 bits per heavy atom. The molecule has 0 saturated carbocycles. The second-order valence-corrected chi connectivity index (χ2v) is 4.46. The van der Waals surface area contributed by atoms with Crippen molar-refractivity contribution < 1.29 is 23.8 Å². The summed E-state index contributed by atoms with van der Waals surface area (Å²) in [6.07, 6.45) is 1.27. The van der Waals surface area contributed by atoms with E-state index in [2.05, 4.69) is 0 Å². The highest BCUT2D eigenvalue weighted by Crippen LogP contribution is 2.24. The highest BCUT2D eigenvalue weighted by molar-refractivity contribution is 5.97. The molecule has 1 aromatic heterocycles. The van der Waals surface area contributed by atoms with Crippen molar-refractivity contribution >= 4 is 18.0 Å². The molecule has 0 aliphatic carbocycles. The number of nitrogens with zero attached hydrogens (tertiary/aromatic N) is 1. The molecule has 2 aromatic rings. The molecule has 0 amide bonds. The predicted molar refractivity (Wildman–Crippen MR) is 78.7 cm³/mol. The molecule has 0 N–H and O–H groups in total. The molecule has 0 saturated heterocycles. The maximum atomic E-state index is 11.5. The molecule has 0 unspecified atom stereocenters. The maximum absolute atomic E-state index is 11.5. The van der Waals surface area contributed by atoms with E-state index >= 15 is 0 Å². The van der Waals surface area contributed by atoms with Crippen LogP contribution in [0.4, 0.5) is 0 Å². The molecular weight excluding hydrogens is 298 g/mol. The fourth-order valence-electron chi connectivity index (χ4n) is 1.87. The number of benzene rings is 1. The van der Waals surface area contributed by atoms with Crippen LogP contribution < -0.4 is 5.11 Å². The summed E-state index contributed by atoms with van der Waals surface area (Å²) in [5.41, 5.74) is 0.387. The lowest BCUT2D eigenvalue weighted by Gasteiger charge is -2.03. The van der Waals surface area contributed by atoms with Crippen LogP contribution in [0, 0.1) is 11.3 Å². The van der Waals surface area contributed by atoms with Crippen molar-refractivity contribution in [3.8, 4) is 17.4 Å². The minimum atomic E-state index is -1.28. The number of carboxylic acids is 1. The molecule has 1 heterocycles. The van der Waals surface area contributed by atoms with Gasteiger partial charge in [0.25, 0.3) is 0 Å². The molecule has 116 valence electrons. The fourth-order valence-corrected chi connectivity index (χ4v) is 1.87. The Morgan fingerprint density at radius 3 is 2.78 bits per heavy atom. The summed E-state index contributed by atoms with van der Waals surface area (Å²) in [5, 5.41) is 19.8. The number of carboxylic acid groups (broad SMARTS) is 1. The molecule has 0 radical (unpaired) electrons. The van der Waals surface area contributed by atoms with Crippen molar-refractivity contribution in [3.63, 3.8) is 0 Å². The van der Waals surface area contributed by atoms with Crippen LogP contribution in [0.1, 0.15) is 23.0 Å². The second kappa shape index (κ2) is 7.09. The number of carbonyl (C=O) groups excluding carboxylic acids is 2. The number of hydrogen-bond acceptors (Lipinski definition) is 6. The Morgan fingerprint density at radius 1 is 1.35 bits per heavy atom.